The number of anilines is 1. The molecule has 0 radical (unpaired) electrons. The van der Waals surface area contributed by atoms with Crippen molar-refractivity contribution in [1.82, 2.24) is 4.98 Å². The standard InChI is InChI=1S/C24H16N2OS/c27-23-22-18-12-6-5-11-17(18)21-19(14-15-8-4-7-13-20(15)25-21)24(28-22)26(23)16-9-2-1-3-10-16/h1-14,22,24H. The van der Waals surface area contributed by atoms with Crippen LogP contribution in [0, 0.1) is 0 Å². The first-order valence-electron chi connectivity index (χ1n) is 9.34. The van der Waals surface area contributed by atoms with E-state index in [9.17, 15) is 4.79 Å². The molecule has 2 atom stereocenters. The van der Waals surface area contributed by atoms with Crippen LogP contribution in [0.2, 0.25) is 0 Å². The van der Waals surface area contributed by atoms with Crippen molar-refractivity contribution in [2.75, 3.05) is 4.90 Å². The van der Waals surface area contributed by atoms with Gasteiger partial charge in [-0.3, -0.25) is 9.69 Å². The second-order valence-corrected chi connectivity index (χ2v) is 8.31. The maximum absolute atomic E-state index is 13.5. The second kappa shape index (κ2) is 5.94. The third-order valence-electron chi connectivity index (χ3n) is 5.51. The Morgan fingerprint density at radius 2 is 1.57 bits per heavy atom. The number of rotatable bonds is 1. The zero-order chi connectivity index (χ0) is 18.7. The number of carbonyl (C=O) groups excluding carboxylic acids is 1. The fourth-order valence-corrected chi connectivity index (χ4v) is 5.75. The van der Waals surface area contributed by atoms with Crippen LogP contribution >= 0.6 is 11.8 Å². The largest absolute Gasteiger partial charge is 0.294 e. The van der Waals surface area contributed by atoms with Gasteiger partial charge in [0.05, 0.1) is 11.2 Å². The smallest absolute Gasteiger partial charge is 0.245 e. The molecule has 4 heteroatoms. The van der Waals surface area contributed by atoms with E-state index in [0.29, 0.717) is 0 Å². The van der Waals surface area contributed by atoms with Crippen LogP contribution in [0.3, 0.4) is 0 Å². The van der Waals surface area contributed by atoms with Crippen LogP contribution in [0.4, 0.5) is 5.69 Å². The van der Waals surface area contributed by atoms with Crippen molar-refractivity contribution in [3.63, 3.8) is 0 Å². The second-order valence-electron chi connectivity index (χ2n) is 7.12. The van der Waals surface area contributed by atoms with Gasteiger partial charge in [0.2, 0.25) is 5.91 Å². The minimum absolute atomic E-state index is 0.0839. The van der Waals surface area contributed by atoms with E-state index in [1.54, 1.807) is 11.8 Å². The molecule has 1 saturated heterocycles. The van der Waals surface area contributed by atoms with Gasteiger partial charge in [-0.2, -0.15) is 0 Å². The highest BCUT2D eigenvalue weighted by molar-refractivity contribution is 8.01. The molecule has 4 aromatic rings. The van der Waals surface area contributed by atoms with Crippen LogP contribution in [-0.4, -0.2) is 10.9 Å². The molecule has 3 heterocycles. The number of thioether (sulfide) groups is 1. The molecule has 1 fully saturated rings. The molecule has 3 nitrogen and oxygen atoms in total. The summed E-state index contributed by atoms with van der Waals surface area (Å²) in [7, 11) is 0. The quantitative estimate of drug-likeness (QED) is 0.422. The number of para-hydroxylation sites is 2. The van der Waals surface area contributed by atoms with Crippen LogP contribution in [0.5, 0.6) is 0 Å². The summed E-state index contributed by atoms with van der Waals surface area (Å²) in [6.07, 6.45) is 0. The number of carbonyl (C=O) groups is 1. The lowest BCUT2D eigenvalue weighted by molar-refractivity contribution is -0.117. The molecule has 1 amide bonds. The minimum atomic E-state index is -0.210. The summed E-state index contributed by atoms with van der Waals surface area (Å²) >= 11 is 1.71. The lowest BCUT2D eigenvalue weighted by atomic mass is 9.94. The van der Waals surface area contributed by atoms with Crippen molar-refractivity contribution in [3.8, 4) is 11.3 Å². The van der Waals surface area contributed by atoms with Gasteiger partial charge in [-0.1, -0.05) is 60.7 Å². The van der Waals surface area contributed by atoms with Crippen molar-refractivity contribution in [2.24, 2.45) is 0 Å². The van der Waals surface area contributed by atoms with E-state index < -0.39 is 0 Å². The number of aromatic nitrogens is 1. The van der Waals surface area contributed by atoms with E-state index in [-0.39, 0.29) is 16.5 Å². The highest BCUT2D eigenvalue weighted by atomic mass is 32.2. The van der Waals surface area contributed by atoms with Gasteiger partial charge in [-0.15, -0.1) is 11.8 Å². The van der Waals surface area contributed by atoms with Crippen molar-refractivity contribution >= 4 is 34.3 Å². The number of benzene rings is 3. The zero-order valence-corrected chi connectivity index (χ0v) is 15.8. The molecule has 2 bridgehead atoms. The first-order chi connectivity index (χ1) is 13.8. The van der Waals surface area contributed by atoms with Crippen molar-refractivity contribution in [2.45, 2.75) is 10.6 Å². The molecular weight excluding hydrogens is 364 g/mol. The molecule has 2 aliphatic heterocycles. The van der Waals surface area contributed by atoms with Gasteiger partial charge in [0.25, 0.3) is 0 Å². The number of hydrogen-bond donors (Lipinski definition) is 0. The van der Waals surface area contributed by atoms with Crippen molar-refractivity contribution in [1.29, 1.82) is 0 Å². The Morgan fingerprint density at radius 1 is 0.821 bits per heavy atom. The summed E-state index contributed by atoms with van der Waals surface area (Å²) in [5.74, 6) is 0.146. The van der Waals surface area contributed by atoms with Gasteiger partial charge in [-0.05, 0) is 29.8 Å². The number of hydrogen-bond acceptors (Lipinski definition) is 3. The van der Waals surface area contributed by atoms with E-state index >= 15 is 0 Å². The first kappa shape index (κ1) is 15.9. The predicted octanol–water partition coefficient (Wildman–Crippen LogP) is 5.74. The Labute approximate surface area is 167 Å². The lowest BCUT2D eigenvalue weighted by Gasteiger charge is -2.27. The molecule has 2 aliphatic rings. The molecular formula is C24H16N2OS. The third kappa shape index (κ3) is 2.18. The van der Waals surface area contributed by atoms with E-state index in [1.807, 2.05) is 59.5 Å². The first-order valence-corrected chi connectivity index (χ1v) is 10.3. The Balaban J connectivity index is 1.67. The van der Waals surface area contributed by atoms with Crippen LogP contribution in [0.25, 0.3) is 22.2 Å². The Morgan fingerprint density at radius 3 is 2.46 bits per heavy atom. The molecule has 0 aliphatic carbocycles. The van der Waals surface area contributed by atoms with Gasteiger partial charge in [-0.25, -0.2) is 4.98 Å². The maximum Gasteiger partial charge on any atom is 0.245 e. The molecule has 0 spiro atoms. The summed E-state index contributed by atoms with van der Waals surface area (Å²) in [5, 5.41) is 0.809. The van der Waals surface area contributed by atoms with E-state index in [0.717, 1.165) is 39.0 Å². The maximum atomic E-state index is 13.5. The summed E-state index contributed by atoms with van der Waals surface area (Å²) < 4.78 is 0. The van der Waals surface area contributed by atoms with Crippen molar-refractivity contribution in [3.05, 3.63) is 96.1 Å². The fraction of sp³-hybridized carbons (Fsp3) is 0.0833. The molecule has 0 saturated carbocycles. The van der Waals surface area contributed by atoms with E-state index in [1.165, 1.54) is 0 Å². The van der Waals surface area contributed by atoms with Gasteiger partial charge in [0.1, 0.15) is 10.6 Å². The average Bonchev–Trinajstić information content (AvgIpc) is 3.03. The van der Waals surface area contributed by atoms with E-state index in [2.05, 4.69) is 30.3 Å². The van der Waals surface area contributed by atoms with Crippen LogP contribution < -0.4 is 4.90 Å². The SMILES string of the molecule is O=C1C2SC(c3cc4ccccc4nc3-c3ccccc32)N1c1ccccc1. The average molecular weight is 380 g/mol. The number of amides is 1. The van der Waals surface area contributed by atoms with E-state index in [4.69, 9.17) is 4.98 Å². The summed E-state index contributed by atoms with van der Waals surface area (Å²) in [4.78, 5) is 20.4. The highest BCUT2D eigenvalue weighted by Gasteiger charge is 2.46. The summed E-state index contributed by atoms with van der Waals surface area (Å²) in [6, 6.07) is 28.6. The number of pyridine rings is 1. The summed E-state index contributed by atoms with van der Waals surface area (Å²) in [5.41, 5.74) is 6.14. The number of nitrogens with zero attached hydrogens (tertiary/aromatic N) is 2. The molecule has 3 aromatic carbocycles. The fourth-order valence-electron chi connectivity index (χ4n) is 4.24. The molecule has 2 unspecified atom stereocenters. The predicted molar refractivity (Wildman–Crippen MR) is 114 cm³/mol. The Bertz CT molecular complexity index is 1240. The monoisotopic (exact) mass is 380 g/mol. The Hall–Kier alpha value is -3.11. The van der Waals surface area contributed by atoms with Gasteiger partial charge >= 0.3 is 0 Å². The molecule has 1 aromatic heterocycles. The van der Waals surface area contributed by atoms with Crippen LogP contribution in [0.1, 0.15) is 21.8 Å². The van der Waals surface area contributed by atoms with Gasteiger partial charge < -0.3 is 0 Å². The summed E-state index contributed by atoms with van der Waals surface area (Å²) in [6.45, 7) is 0. The molecule has 28 heavy (non-hydrogen) atoms. The Kier molecular flexibility index (Phi) is 3.38. The molecule has 0 N–H and O–H groups in total. The van der Waals surface area contributed by atoms with Crippen LogP contribution in [-0.2, 0) is 4.79 Å². The normalized spacial score (nSPS) is 20.0. The topological polar surface area (TPSA) is 33.2 Å². The van der Waals surface area contributed by atoms with Crippen LogP contribution in [0.15, 0.2) is 84.9 Å². The number of fused-ring (bicyclic) bond motifs is 8. The van der Waals surface area contributed by atoms with Gasteiger partial charge in [0, 0.05) is 22.2 Å². The van der Waals surface area contributed by atoms with Gasteiger partial charge in [0.15, 0.2) is 0 Å². The van der Waals surface area contributed by atoms with Crippen molar-refractivity contribution < 1.29 is 4.79 Å². The zero-order valence-electron chi connectivity index (χ0n) is 14.9. The lowest BCUT2D eigenvalue weighted by Crippen LogP contribution is -2.30. The molecule has 134 valence electrons. The highest BCUT2D eigenvalue weighted by Crippen LogP contribution is 2.57. The third-order valence-corrected chi connectivity index (χ3v) is 6.96. The molecule has 6 rings (SSSR count). The minimum Gasteiger partial charge on any atom is -0.294 e.